The Balaban J connectivity index is 2.37. The minimum Gasteiger partial charge on any atom is -0.444 e. The van der Waals surface area contributed by atoms with Gasteiger partial charge in [0.25, 0.3) is 0 Å². The largest absolute Gasteiger partial charge is 0.444 e. The van der Waals surface area contributed by atoms with Gasteiger partial charge in [0.15, 0.2) is 0 Å². The van der Waals surface area contributed by atoms with Crippen molar-refractivity contribution in [3.63, 3.8) is 0 Å². The van der Waals surface area contributed by atoms with Gasteiger partial charge in [-0.2, -0.15) is 0 Å². The lowest BCUT2D eigenvalue weighted by atomic mass is 9.91. The van der Waals surface area contributed by atoms with Crippen LogP contribution in [-0.2, 0) is 4.74 Å². The molecule has 1 aliphatic carbocycles. The smallest absolute Gasteiger partial charge is 0.410 e. The highest BCUT2D eigenvalue weighted by molar-refractivity contribution is 5.68. The minimum atomic E-state index is -0.429. The van der Waals surface area contributed by atoms with E-state index >= 15 is 0 Å². The first-order valence-corrected chi connectivity index (χ1v) is 8.25. The molecule has 1 aliphatic rings. The Morgan fingerprint density at radius 3 is 2.38 bits per heavy atom. The van der Waals surface area contributed by atoms with Gasteiger partial charge in [0.2, 0.25) is 0 Å². The standard InChI is InChI=1S/C17H34N2O2/c1-8-19(15(20)21-16(3,4)5)10-9-18-14-12-17(6,7)11-13(14)2/h13-14,18H,8-12H2,1-7H3. The van der Waals surface area contributed by atoms with Crippen LogP contribution >= 0.6 is 0 Å². The third-order valence-corrected chi connectivity index (χ3v) is 4.16. The van der Waals surface area contributed by atoms with E-state index in [0.29, 0.717) is 30.5 Å². The van der Waals surface area contributed by atoms with Crippen LogP contribution in [-0.4, -0.2) is 42.3 Å². The summed E-state index contributed by atoms with van der Waals surface area (Å²) in [4.78, 5) is 13.8. The van der Waals surface area contributed by atoms with Gasteiger partial charge in [0, 0.05) is 25.7 Å². The van der Waals surface area contributed by atoms with Crippen LogP contribution in [0.2, 0.25) is 0 Å². The zero-order valence-corrected chi connectivity index (χ0v) is 15.0. The van der Waals surface area contributed by atoms with E-state index in [4.69, 9.17) is 4.74 Å². The Bertz CT molecular complexity index is 347. The number of carbonyl (C=O) groups excluding carboxylic acids is 1. The van der Waals surface area contributed by atoms with E-state index in [-0.39, 0.29) is 6.09 Å². The van der Waals surface area contributed by atoms with Gasteiger partial charge in [-0.1, -0.05) is 20.8 Å². The predicted octanol–water partition coefficient (Wildman–Crippen LogP) is 3.66. The quantitative estimate of drug-likeness (QED) is 0.842. The van der Waals surface area contributed by atoms with Gasteiger partial charge in [-0.05, 0) is 51.9 Å². The summed E-state index contributed by atoms with van der Waals surface area (Å²) < 4.78 is 5.43. The fourth-order valence-electron chi connectivity index (χ4n) is 3.26. The molecule has 0 bridgehead atoms. The number of hydrogen-bond donors (Lipinski definition) is 1. The van der Waals surface area contributed by atoms with Gasteiger partial charge in [0.05, 0.1) is 0 Å². The summed E-state index contributed by atoms with van der Waals surface area (Å²) in [7, 11) is 0. The number of carbonyl (C=O) groups is 1. The molecule has 0 saturated heterocycles. The summed E-state index contributed by atoms with van der Waals surface area (Å²) >= 11 is 0. The summed E-state index contributed by atoms with van der Waals surface area (Å²) in [5.41, 5.74) is 0.00855. The number of likely N-dealkylation sites (N-methyl/N-ethyl adjacent to an activating group) is 1. The molecule has 0 aromatic heterocycles. The average molecular weight is 298 g/mol. The highest BCUT2D eigenvalue weighted by Gasteiger charge is 2.36. The summed E-state index contributed by atoms with van der Waals surface area (Å²) in [6.07, 6.45) is 2.27. The molecule has 0 aliphatic heterocycles. The van der Waals surface area contributed by atoms with Crippen molar-refractivity contribution in [3.8, 4) is 0 Å². The average Bonchev–Trinajstić information content (AvgIpc) is 2.55. The van der Waals surface area contributed by atoms with Crippen LogP contribution < -0.4 is 5.32 Å². The summed E-state index contributed by atoms with van der Waals surface area (Å²) in [5.74, 6) is 0.705. The molecule has 1 saturated carbocycles. The first kappa shape index (κ1) is 18.3. The molecule has 0 radical (unpaired) electrons. The Morgan fingerprint density at radius 1 is 1.33 bits per heavy atom. The lowest BCUT2D eigenvalue weighted by molar-refractivity contribution is 0.0260. The van der Waals surface area contributed by atoms with Crippen molar-refractivity contribution in [2.75, 3.05) is 19.6 Å². The van der Waals surface area contributed by atoms with E-state index in [0.717, 1.165) is 6.54 Å². The fraction of sp³-hybridized carbons (Fsp3) is 0.941. The molecular weight excluding hydrogens is 264 g/mol. The van der Waals surface area contributed by atoms with Crippen LogP contribution in [0.4, 0.5) is 4.79 Å². The number of ether oxygens (including phenoxy) is 1. The Morgan fingerprint density at radius 2 is 1.95 bits per heavy atom. The monoisotopic (exact) mass is 298 g/mol. The fourth-order valence-corrected chi connectivity index (χ4v) is 3.26. The molecular formula is C17H34N2O2. The second-order valence-corrected chi connectivity index (χ2v) is 8.17. The molecule has 0 aromatic rings. The van der Waals surface area contributed by atoms with Gasteiger partial charge < -0.3 is 15.0 Å². The lowest BCUT2D eigenvalue weighted by Gasteiger charge is -2.27. The van der Waals surface area contributed by atoms with Crippen molar-refractivity contribution >= 4 is 6.09 Å². The number of hydrogen-bond acceptors (Lipinski definition) is 3. The molecule has 0 aromatic carbocycles. The summed E-state index contributed by atoms with van der Waals surface area (Å²) in [6.45, 7) is 16.9. The van der Waals surface area contributed by atoms with Crippen molar-refractivity contribution in [1.29, 1.82) is 0 Å². The molecule has 1 N–H and O–H groups in total. The molecule has 1 rings (SSSR count). The third-order valence-electron chi connectivity index (χ3n) is 4.16. The Hall–Kier alpha value is -0.770. The Kier molecular flexibility index (Phi) is 6.09. The number of rotatable bonds is 5. The van der Waals surface area contributed by atoms with Crippen molar-refractivity contribution < 1.29 is 9.53 Å². The van der Waals surface area contributed by atoms with Gasteiger partial charge in [-0.15, -0.1) is 0 Å². The van der Waals surface area contributed by atoms with E-state index in [9.17, 15) is 4.79 Å². The first-order valence-electron chi connectivity index (χ1n) is 8.25. The van der Waals surface area contributed by atoms with E-state index in [2.05, 4.69) is 26.1 Å². The van der Waals surface area contributed by atoms with Crippen LogP contribution in [0.3, 0.4) is 0 Å². The van der Waals surface area contributed by atoms with Crippen LogP contribution in [0.25, 0.3) is 0 Å². The number of nitrogens with zero attached hydrogens (tertiary/aromatic N) is 1. The maximum Gasteiger partial charge on any atom is 0.410 e. The molecule has 4 heteroatoms. The van der Waals surface area contributed by atoms with E-state index < -0.39 is 5.60 Å². The highest BCUT2D eigenvalue weighted by Crippen LogP contribution is 2.40. The Labute approximate surface area is 130 Å². The third kappa shape index (κ3) is 6.25. The molecule has 124 valence electrons. The topological polar surface area (TPSA) is 41.6 Å². The van der Waals surface area contributed by atoms with Gasteiger partial charge in [-0.3, -0.25) is 0 Å². The molecule has 2 unspecified atom stereocenters. The maximum atomic E-state index is 12.1. The summed E-state index contributed by atoms with van der Waals surface area (Å²) in [5, 5.41) is 3.62. The van der Waals surface area contributed by atoms with Gasteiger partial charge in [-0.25, -0.2) is 4.79 Å². The summed E-state index contributed by atoms with van der Waals surface area (Å²) in [6, 6.07) is 0.567. The molecule has 2 atom stereocenters. The van der Waals surface area contributed by atoms with Crippen molar-refractivity contribution in [2.45, 2.75) is 73.0 Å². The van der Waals surface area contributed by atoms with Crippen molar-refractivity contribution in [3.05, 3.63) is 0 Å². The van der Waals surface area contributed by atoms with Crippen LogP contribution in [0.1, 0.15) is 61.3 Å². The maximum absolute atomic E-state index is 12.1. The van der Waals surface area contributed by atoms with Crippen LogP contribution in [0.15, 0.2) is 0 Å². The molecule has 0 heterocycles. The highest BCUT2D eigenvalue weighted by atomic mass is 16.6. The minimum absolute atomic E-state index is 0.216. The SMILES string of the molecule is CCN(CCNC1CC(C)(C)CC1C)C(=O)OC(C)(C)C. The van der Waals surface area contributed by atoms with Crippen LogP contribution in [0.5, 0.6) is 0 Å². The normalized spacial score (nSPS) is 24.9. The van der Waals surface area contributed by atoms with Crippen molar-refractivity contribution in [2.24, 2.45) is 11.3 Å². The molecule has 4 nitrogen and oxygen atoms in total. The lowest BCUT2D eigenvalue weighted by Crippen LogP contribution is -2.42. The van der Waals surface area contributed by atoms with E-state index in [1.165, 1.54) is 12.8 Å². The molecule has 21 heavy (non-hydrogen) atoms. The zero-order valence-electron chi connectivity index (χ0n) is 15.0. The number of amides is 1. The second-order valence-electron chi connectivity index (χ2n) is 8.17. The van der Waals surface area contributed by atoms with E-state index in [1.807, 2.05) is 27.7 Å². The second kappa shape index (κ2) is 6.99. The van der Waals surface area contributed by atoms with Gasteiger partial charge >= 0.3 is 6.09 Å². The number of nitrogens with one attached hydrogen (secondary N) is 1. The predicted molar refractivity (Wildman–Crippen MR) is 87.5 cm³/mol. The van der Waals surface area contributed by atoms with Crippen molar-refractivity contribution in [1.82, 2.24) is 10.2 Å². The molecule has 0 spiro atoms. The zero-order chi connectivity index (χ0) is 16.3. The van der Waals surface area contributed by atoms with E-state index in [1.54, 1.807) is 4.90 Å². The van der Waals surface area contributed by atoms with Crippen LogP contribution in [0, 0.1) is 11.3 Å². The molecule has 1 amide bonds. The first-order chi connectivity index (χ1) is 9.54. The van der Waals surface area contributed by atoms with Gasteiger partial charge in [0.1, 0.15) is 5.60 Å². The molecule has 1 fully saturated rings.